The van der Waals surface area contributed by atoms with Gasteiger partial charge in [0.2, 0.25) is 0 Å². The van der Waals surface area contributed by atoms with Crippen LogP contribution in [0.4, 0.5) is 0 Å². The van der Waals surface area contributed by atoms with Crippen molar-refractivity contribution in [3.8, 4) is 0 Å². The summed E-state index contributed by atoms with van der Waals surface area (Å²) in [5.41, 5.74) is 5.65. The van der Waals surface area contributed by atoms with E-state index in [1.54, 1.807) is 0 Å². The molecule has 0 saturated heterocycles. The van der Waals surface area contributed by atoms with Gasteiger partial charge in [-0.3, -0.25) is 0 Å². The molecule has 18 heavy (non-hydrogen) atoms. The Kier molecular flexibility index (Phi) is 3.56. The highest BCUT2D eigenvalue weighted by Crippen LogP contribution is 2.27. The van der Waals surface area contributed by atoms with Crippen molar-refractivity contribution in [2.45, 2.75) is 39.5 Å². The van der Waals surface area contributed by atoms with Gasteiger partial charge in [0.1, 0.15) is 0 Å². The van der Waals surface area contributed by atoms with Gasteiger partial charge in [0, 0.05) is 0 Å². The molecule has 0 amide bonds. The third-order valence-electron chi connectivity index (χ3n) is 3.60. The van der Waals surface area contributed by atoms with E-state index in [-0.39, 0.29) is 5.41 Å². The second-order valence-corrected chi connectivity index (χ2v) is 5.91. The molecule has 94 valence electrons. The molecule has 2 rings (SSSR count). The van der Waals surface area contributed by atoms with Gasteiger partial charge in [-0.15, -0.1) is 0 Å². The Morgan fingerprint density at radius 1 is 0.722 bits per heavy atom. The van der Waals surface area contributed by atoms with Crippen LogP contribution < -0.4 is 0 Å². The molecular formula is C18H22. The molecule has 0 aliphatic carbocycles. The van der Waals surface area contributed by atoms with E-state index >= 15 is 0 Å². The maximum Gasteiger partial charge on any atom is -0.00632 e. The van der Waals surface area contributed by atoms with Crippen molar-refractivity contribution in [3.63, 3.8) is 0 Å². The molecule has 2 aromatic rings. The van der Waals surface area contributed by atoms with E-state index in [4.69, 9.17) is 0 Å². The summed E-state index contributed by atoms with van der Waals surface area (Å²) in [7, 11) is 0. The average molecular weight is 238 g/mol. The lowest BCUT2D eigenvalue weighted by atomic mass is 9.79. The molecule has 0 aliphatic heterocycles. The van der Waals surface area contributed by atoms with Gasteiger partial charge in [0.25, 0.3) is 0 Å². The van der Waals surface area contributed by atoms with E-state index in [0.29, 0.717) is 0 Å². The Hall–Kier alpha value is -1.56. The summed E-state index contributed by atoms with van der Waals surface area (Å²) < 4.78 is 0. The fourth-order valence-electron chi connectivity index (χ4n) is 2.32. The Morgan fingerprint density at radius 3 is 1.67 bits per heavy atom. The van der Waals surface area contributed by atoms with E-state index in [0.717, 1.165) is 6.42 Å². The second kappa shape index (κ2) is 4.97. The number of aryl methyl sites for hydroxylation is 2. The SMILES string of the molecule is Cc1ccc(CC(C)(C)c2ccc(C)cc2)cc1. The zero-order chi connectivity index (χ0) is 13.2. The van der Waals surface area contributed by atoms with E-state index in [1.807, 2.05) is 0 Å². The molecule has 0 bridgehead atoms. The first-order valence-electron chi connectivity index (χ1n) is 6.60. The molecule has 0 unspecified atom stereocenters. The lowest BCUT2D eigenvalue weighted by Crippen LogP contribution is -2.20. The minimum atomic E-state index is 0.183. The summed E-state index contributed by atoms with van der Waals surface area (Å²) in [6.07, 6.45) is 1.08. The van der Waals surface area contributed by atoms with Gasteiger partial charge >= 0.3 is 0 Å². The average Bonchev–Trinajstić information content (AvgIpc) is 2.32. The summed E-state index contributed by atoms with van der Waals surface area (Å²) in [6.45, 7) is 8.90. The lowest BCUT2D eigenvalue weighted by Gasteiger charge is -2.25. The van der Waals surface area contributed by atoms with Gasteiger partial charge in [-0.05, 0) is 36.8 Å². The van der Waals surface area contributed by atoms with Crippen LogP contribution in [-0.4, -0.2) is 0 Å². The quantitative estimate of drug-likeness (QED) is 0.719. The van der Waals surface area contributed by atoms with Crippen LogP contribution in [0.3, 0.4) is 0 Å². The molecule has 0 spiro atoms. The van der Waals surface area contributed by atoms with Crippen molar-refractivity contribution < 1.29 is 0 Å². The monoisotopic (exact) mass is 238 g/mol. The molecule has 0 radical (unpaired) electrons. The molecule has 2 aromatic carbocycles. The van der Waals surface area contributed by atoms with Crippen LogP contribution in [0.1, 0.15) is 36.1 Å². The number of hydrogen-bond acceptors (Lipinski definition) is 0. The van der Waals surface area contributed by atoms with Crippen molar-refractivity contribution in [1.82, 2.24) is 0 Å². The Bertz CT molecular complexity index is 501. The summed E-state index contributed by atoms with van der Waals surface area (Å²) >= 11 is 0. The fraction of sp³-hybridized carbons (Fsp3) is 0.333. The van der Waals surface area contributed by atoms with Crippen molar-refractivity contribution in [3.05, 3.63) is 70.8 Å². The zero-order valence-electron chi connectivity index (χ0n) is 11.8. The van der Waals surface area contributed by atoms with Gasteiger partial charge < -0.3 is 0 Å². The van der Waals surface area contributed by atoms with E-state index in [1.165, 1.54) is 22.3 Å². The van der Waals surface area contributed by atoms with Gasteiger partial charge in [-0.25, -0.2) is 0 Å². The summed E-state index contributed by atoms with van der Waals surface area (Å²) in [5.74, 6) is 0. The highest BCUT2D eigenvalue weighted by atomic mass is 14.2. The molecule has 0 heterocycles. The highest BCUT2D eigenvalue weighted by molar-refractivity contribution is 5.31. The second-order valence-electron chi connectivity index (χ2n) is 5.91. The first-order chi connectivity index (χ1) is 8.47. The number of hydrogen-bond donors (Lipinski definition) is 0. The molecule has 0 saturated carbocycles. The Balaban J connectivity index is 2.20. The summed E-state index contributed by atoms with van der Waals surface area (Å²) in [5, 5.41) is 0. The van der Waals surface area contributed by atoms with Crippen LogP contribution in [0.2, 0.25) is 0 Å². The molecule has 0 nitrogen and oxygen atoms in total. The molecule has 0 heteroatoms. The maximum atomic E-state index is 2.32. The molecule has 0 aliphatic rings. The smallest absolute Gasteiger partial charge is 0.00632 e. The Morgan fingerprint density at radius 2 is 1.17 bits per heavy atom. The maximum absolute atomic E-state index is 2.32. The predicted molar refractivity (Wildman–Crippen MR) is 79.1 cm³/mol. The summed E-state index contributed by atoms with van der Waals surface area (Å²) in [6, 6.07) is 17.8. The van der Waals surface area contributed by atoms with Gasteiger partial charge in [0.05, 0.1) is 0 Å². The highest BCUT2D eigenvalue weighted by Gasteiger charge is 2.20. The number of rotatable bonds is 3. The molecular weight excluding hydrogens is 216 g/mol. The van der Waals surface area contributed by atoms with E-state index in [9.17, 15) is 0 Å². The lowest BCUT2D eigenvalue weighted by molar-refractivity contribution is 0.522. The Labute approximate surface area is 111 Å². The minimum Gasteiger partial charge on any atom is -0.0591 e. The molecule has 0 atom stereocenters. The largest absolute Gasteiger partial charge is 0.0591 e. The van der Waals surface area contributed by atoms with E-state index in [2.05, 4.69) is 76.2 Å². The minimum absolute atomic E-state index is 0.183. The van der Waals surface area contributed by atoms with Crippen LogP contribution in [0.5, 0.6) is 0 Å². The van der Waals surface area contributed by atoms with Gasteiger partial charge in [0.15, 0.2) is 0 Å². The van der Waals surface area contributed by atoms with Crippen LogP contribution >= 0.6 is 0 Å². The van der Waals surface area contributed by atoms with E-state index < -0.39 is 0 Å². The van der Waals surface area contributed by atoms with Gasteiger partial charge in [-0.1, -0.05) is 73.5 Å². The third kappa shape index (κ3) is 3.01. The van der Waals surface area contributed by atoms with Crippen LogP contribution in [0.15, 0.2) is 48.5 Å². The summed E-state index contributed by atoms with van der Waals surface area (Å²) in [4.78, 5) is 0. The molecule has 0 aromatic heterocycles. The van der Waals surface area contributed by atoms with Gasteiger partial charge in [-0.2, -0.15) is 0 Å². The van der Waals surface area contributed by atoms with Crippen LogP contribution in [-0.2, 0) is 11.8 Å². The molecule has 0 N–H and O–H groups in total. The zero-order valence-corrected chi connectivity index (χ0v) is 11.8. The standard InChI is InChI=1S/C18H22/c1-14-5-9-16(10-6-14)13-18(3,4)17-11-7-15(2)8-12-17/h5-12H,13H2,1-4H3. The predicted octanol–water partition coefficient (Wildman–Crippen LogP) is 4.82. The molecule has 0 fully saturated rings. The topological polar surface area (TPSA) is 0 Å². The first-order valence-corrected chi connectivity index (χ1v) is 6.60. The van der Waals surface area contributed by atoms with Crippen LogP contribution in [0, 0.1) is 13.8 Å². The van der Waals surface area contributed by atoms with Crippen molar-refractivity contribution in [1.29, 1.82) is 0 Å². The van der Waals surface area contributed by atoms with Crippen LogP contribution in [0.25, 0.3) is 0 Å². The normalized spacial score (nSPS) is 11.6. The first kappa shape index (κ1) is 12.9. The number of benzene rings is 2. The third-order valence-corrected chi connectivity index (χ3v) is 3.60. The van der Waals surface area contributed by atoms with Crippen molar-refractivity contribution in [2.75, 3.05) is 0 Å². The fourth-order valence-corrected chi connectivity index (χ4v) is 2.32. The van der Waals surface area contributed by atoms with Crippen molar-refractivity contribution >= 4 is 0 Å². The van der Waals surface area contributed by atoms with Crippen molar-refractivity contribution in [2.24, 2.45) is 0 Å².